The number of rotatable bonds is 2. The molecule has 2 aromatic rings. The lowest BCUT2D eigenvalue weighted by Crippen LogP contribution is -2.01. The second-order valence-corrected chi connectivity index (χ2v) is 4.87. The summed E-state index contributed by atoms with van der Waals surface area (Å²) in [4.78, 5) is 8.87. The van der Waals surface area contributed by atoms with E-state index in [1.54, 1.807) is 11.0 Å². The van der Waals surface area contributed by atoms with Gasteiger partial charge in [0, 0.05) is 18.3 Å². The van der Waals surface area contributed by atoms with E-state index in [1.807, 2.05) is 13.2 Å². The van der Waals surface area contributed by atoms with Crippen molar-refractivity contribution in [2.45, 2.75) is 18.2 Å². The molecule has 1 unspecified atom stereocenters. The maximum absolute atomic E-state index is 4.27. The van der Waals surface area contributed by atoms with Gasteiger partial charge < -0.3 is 0 Å². The zero-order chi connectivity index (χ0) is 10.1. The Morgan fingerprint density at radius 1 is 1.50 bits per heavy atom. The average molecular weight is 255 g/mol. The second-order valence-electron chi connectivity index (χ2n) is 3.31. The molecule has 0 bridgehead atoms. The van der Waals surface area contributed by atoms with E-state index in [4.69, 9.17) is 0 Å². The highest BCUT2D eigenvalue weighted by Gasteiger charge is 2.09. The molecule has 0 aliphatic heterocycles. The molecule has 2 heterocycles. The van der Waals surface area contributed by atoms with E-state index in [2.05, 4.69) is 37.9 Å². The molecule has 2 rings (SSSR count). The summed E-state index contributed by atoms with van der Waals surface area (Å²) in [6, 6.07) is 0. The van der Waals surface area contributed by atoms with Crippen LogP contribution in [-0.4, -0.2) is 24.6 Å². The molecule has 0 amide bonds. The molecule has 0 aliphatic carbocycles. The summed E-state index contributed by atoms with van der Waals surface area (Å²) in [7, 11) is 1.89. The highest BCUT2D eigenvalue weighted by Crippen LogP contribution is 2.16. The molecule has 4 nitrogen and oxygen atoms in total. The maximum atomic E-state index is 4.27. The Balaban J connectivity index is 2.54. The van der Waals surface area contributed by atoms with E-state index >= 15 is 0 Å². The number of fused-ring (bicyclic) bond motifs is 1. The maximum Gasteiger partial charge on any atom is 0.161 e. The Labute approximate surface area is 90.5 Å². The molecule has 0 aliphatic rings. The van der Waals surface area contributed by atoms with Crippen LogP contribution in [0, 0.1) is 0 Å². The van der Waals surface area contributed by atoms with E-state index in [0.29, 0.717) is 4.83 Å². The second kappa shape index (κ2) is 3.65. The SMILES string of the molecule is CC(Br)Cc1ncnc2c1cnn2C. The van der Waals surface area contributed by atoms with Crippen molar-refractivity contribution >= 4 is 27.0 Å². The van der Waals surface area contributed by atoms with Crippen molar-refractivity contribution in [2.24, 2.45) is 7.05 Å². The fraction of sp³-hybridized carbons (Fsp3) is 0.444. The van der Waals surface area contributed by atoms with Gasteiger partial charge in [0.15, 0.2) is 5.65 Å². The Hall–Kier alpha value is -0.970. The van der Waals surface area contributed by atoms with Crippen LogP contribution in [0.15, 0.2) is 12.5 Å². The van der Waals surface area contributed by atoms with Gasteiger partial charge in [-0.3, -0.25) is 4.68 Å². The lowest BCUT2D eigenvalue weighted by molar-refractivity contribution is 0.784. The number of aromatic nitrogens is 4. The van der Waals surface area contributed by atoms with Gasteiger partial charge in [-0.15, -0.1) is 0 Å². The summed E-state index contributed by atoms with van der Waals surface area (Å²) in [5, 5.41) is 5.21. The van der Waals surface area contributed by atoms with Crippen molar-refractivity contribution in [3.63, 3.8) is 0 Å². The quantitative estimate of drug-likeness (QED) is 0.767. The molecule has 2 aromatic heterocycles. The zero-order valence-electron chi connectivity index (χ0n) is 8.11. The molecule has 0 spiro atoms. The standard InChI is InChI=1S/C9H11BrN4/c1-6(10)3-8-7-4-13-14(2)9(7)12-5-11-8/h4-6H,3H2,1-2H3. The molecule has 0 saturated carbocycles. The van der Waals surface area contributed by atoms with Gasteiger partial charge in [-0.1, -0.05) is 22.9 Å². The van der Waals surface area contributed by atoms with Gasteiger partial charge in [0.05, 0.1) is 17.3 Å². The number of hydrogen-bond donors (Lipinski definition) is 0. The summed E-state index contributed by atoms with van der Waals surface area (Å²) in [6.45, 7) is 2.10. The fourth-order valence-electron chi connectivity index (χ4n) is 1.44. The molecule has 5 heteroatoms. The van der Waals surface area contributed by atoms with Crippen LogP contribution in [0.25, 0.3) is 11.0 Å². The minimum atomic E-state index is 0.417. The van der Waals surface area contributed by atoms with Gasteiger partial charge in [0.25, 0.3) is 0 Å². The van der Waals surface area contributed by atoms with Crippen molar-refractivity contribution in [3.05, 3.63) is 18.2 Å². The van der Waals surface area contributed by atoms with Crippen LogP contribution in [0.2, 0.25) is 0 Å². The van der Waals surface area contributed by atoms with Crippen molar-refractivity contribution < 1.29 is 0 Å². The predicted octanol–water partition coefficient (Wildman–Crippen LogP) is 1.69. The summed E-state index contributed by atoms with van der Waals surface area (Å²) in [5.74, 6) is 0. The normalized spacial score (nSPS) is 13.4. The first-order valence-corrected chi connectivity index (χ1v) is 5.35. The number of aryl methyl sites for hydroxylation is 1. The molecule has 0 N–H and O–H groups in total. The van der Waals surface area contributed by atoms with E-state index in [9.17, 15) is 0 Å². The van der Waals surface area contributed by atoms with Gasteiger partial charge in [-0.05, 0) is 0 Å². The van der Waals surface area contributed by atoms with Crippen molar-refractivity contribution in [3.8, 4) is 0 Å². The van der Waals surface area contributed by atoms with E-state index in [-0.39, 0.29) is 0 Å². The van der Waals surface area contributed by atoms with Gasteiger partial charge in [-0.25, -0.2) is 9.97 Å². The molecule has 14 heavy (non-hydrogen) atoms. The topological polar surface area (TPSA) is 43.6 Å². The number of alkyl halides is 1. The molecule has 0 radical (unpaired) electrons. The lowest BCUT2D eigenvalue weighted by Gasteiger charge is -2.02. The van der Waals surface area contributed by atoms with Crippen LogP contribution in [0.1, 0.15) is 12.6 Å². The van der Waals surface area contributed by atoms with E-state index in [1.165, 1.54) is 0 Å². The van der Waals surface area contributed by atoms with Crippen LogP contribution >= 0.6 is 15.9 Å². The van der Waals surface area contributed by atoms with Gasteiger partial charge in [0.2, 0.25) is 0 Å². The third-order valence-electron chi connectivity index (χ3n) is 2.09. The van der Waals surface area contributed by atoms with E-state index < -0.39 is 0 Å². The van der Waals surface area contributed by atoms with Gasteiger partial charge in [-0.2, -0.15) is 5.10 Å². The third kappa shape index (κ3) is 1.64. The first-order chi connectivity index (χ1) is 6.68. The fourth-order valence-corrected chi connectivity index (χ4v) is 1.75. The van der Waals surface area contributed by atoms with Crippen LogP contribution in [0.3, 0.4) is 0 Å². The number of halogens is 1. The van der Waals surface area contributed by atoms with Gasteiger partial charge >= 0.3 is 0 Å². The highest BCUT2D eigenvalue weighted by molar-refractivity contribution is 9.09. The predicted molar refractivity (Wildman–Crippen MR) is 58.4 cm³/mol. The minimum absolute atomic E-state index is 0.417. The van der Waals surface area contributed by atoms with Crippen molar-refractivity contribution in [1.82, 2.24) is 19.7 Å². The van der Waals surface area contributed by atoms with Crippen molar-refractivity contribution in [1.29, 1.82) is 0 Å². The van der Waals surface area contributed by atoms with Gasteiger partial charge in [0.1, 0.15) is 6.33 Å². The Kier molecular flexibility index (Phi) is 2.50. The molecule has 74 valence electrons. The number of nitrogens with zero attached hydrogens (tertiary/aromatic N) is 4. The monoisotopic (exact) mass is 254 g/mol. The van der Waals surface area contributed by atoms with Crippen LogP contribution < -0.4 is 0 Å². The molecule has 0 aromatic carbocycles. The molecule has 0 saturated heterocycles. The summed E-state index contributed by atoms with van der Waals surface area (Å²) >= 11 is 3.52. The smallest absolute Gasteiger partial charge is 0.161 e. The summed E-state index contributed by atoms with van der Waals surface area (Å²) in [5.41, 5.74) is 1.94. The first kappa shape index (κ1) is 9.58. The molecular weight excluding hydrogens is 244 g/mol. The molecule has 1 atom stereocenters. The largest absolute Gasteiger partial charge is 0.250 e. The first-order valence-electron chi connectivity index (χ1n) is 4.44. The third-order valence-corrected chi connectivity index (χ3v) is 2.41. The van der Waals surface area contributed by atoms with Crippen LogP contribution in [-0.2, 0) is 13.5 Å². The van der Waals surface area contributed by atoms with Crippen molar-refractivity contribution in [2.75, 3.05) is 0 Å². The highest BCUT2D eigenvalue weighted by atomic mass is 79.9. The van der Waals surface area contributed by atoms with Crippen LogP contribution in [0.4, 0.5) is 0 Å². The summed E-state index contributed by atoms with van der Waals surface area (Å²) < 4.78 is 1.76. The Morgan fingerprint density at radius 3 is 3.00 bits per heavy atom. The number of hydrogen-bond acceptors (Lipinski definition) is 3. The lowest BCUT2D eigenvalue weighted by atomic mass is 10.2. The Bertz CT molecular complexity index is 449. The Morgan fingerprint density at radius 2 is 2.29 bits per heavy atom. The zero-order valence-corrected chi connectivity index (χ0v) is 9.69. The molecular formula is C9H11BrN4. The minimum Gasteiger partial charge on any atom is -0.250 e. The van der Waals surface area contributed by atoms with E-state index in [0.717, 1.165) is 23.1 Å². The average Bonchev–Trinajstić information content (AvgIpc) is 2.49. The summed E-state index contributed by atoms with van der Waals surface area (Å²) in [6.07, 6.45) is 4.31. The van der Waals surface area contributed by atoms with Crippen LogP contribution in [0.5, 0.6) is 0 Å². The molecule has 0 fully saturated rings.